The summed E-state index contributed by atoms with van der Waals surface area (Å²) in [7, 11) is 2.55. The van der Waals surface area contributed by atoms with Crippen LogP contribution in [0.4, 0.5) is 5.69 Å². The van der Waals surface area contributed by atoms with Gasteiger partial charge in [0.25, 0.3) is 0 Å². The van der Waals surface area contributed by atoms with E-state index in [0.29, 0.717) is 5.70 Å². The number of methoxy groups -OCH3 is 2. The van der Waals surface area contributed by atoms with Gasteiger partial charge in [0.15, 0.2) is 0 Å². The first-order chi connectivity index (χ1) is 9.58. The summed E-state index contributed by atoms with van der Waals surface area (Å²) < 4.78 is 9.51. The van der Waals surface area contributed by atoms with E-state index in [1.54, 1.807) is 13.0 Å². The number of hydrogen-bond donors (Lipinski definition) is 1. The summed E-state index contributed by atoms with van der Waals surface area (Å²) in [5, 5.41) is 3.12. The van der Waals surface area contributed by atoms with Crippen LogP contribution in [0.3, 0.4) is 0 Å². The van der Waals surface area contributed by atoms with Gasteiger partial charge < -0.3 is 14.8 Å². The Labute approximate surface area is 116 Å². The predicted octanol–water partition coefficient (Wildman–Crippen LogP) is 2.12. The Morgan fingerprint density at radius 2 is 1.70 bits per heavy atom. The van der Waals surface area contributed by atoms with Crippen molar-refractivity contribution >= 4 is 23.7 Å². The molecule has 1 N–H and O–H groups in total. The fourth-order valence-corrected chi connectivity index (χ4v) is 2.07. The van der Waals surface area contributed by atoms with Crippen molar-refractivity contribution in [3.63, 3.8) is 0 Å². The van der Waals surface area contributed by atoms with E-state index in [0.717, 1.165) is 11.3 Å². The molecule has 0 radical (unpaired) electrons. The number of esters is 2. The van der Waals surface area contributed by atoms with E-state index in [1.165, 1.54) is 14.2 Å². The molecule has 0 amide bonds. The topological polar surface area (TPSA) is 64.6 Å². The van der Waals surface area contributed by atoms with Crippen LogP contribution in [-0.2, 0) is 19.1 Å². The van der Waals surface area contributed by atoms with Gasteiger partial charge in [-0.2, -0.15) is 0 Å². The smallest absolute Gasteiger partial charge is 0.340 e. The van der Waals surface area contributed by atoms with Crippen LogP contribution in [0.25, 0.3) is 6.08 Å². The average Bonchev–Trinajstić information content (AvgIpc) is 2.61. The van der Waals surface area contributed by atoms with Crippen LogP contribution >= 0.6 is 0 Å². The third-order valence-electron chi connectivity index (χ3n) is 3.02. The summed E-state index contributed by atoms with van der Waals surface area (Å²) in [6.07, 6.45) is 1.62. The number of para-hydroxylation sites is 1. The maximum atomic E-state index is 11.9. The molecule has 1 heterocycles. The molecule has 1 aliphatic rings. The first-order valence-corrected chi connectivity index (χ1v) is 6.04. The fraction of sp³-hybridized carbons (Fsp3) is 0.200. The number of carbonyl (C=O) groups is 2. The molecule has 0 bridgehead atoms. The molecule has 2 rings (SSSR count). The van der Waals surface area contributed by atoms with Gasteiger partial charge in [0, 0.05) is 11.4 Å². The summed E-state index contributed by atoms with van der Waals surface area (Å²) in [5.74, 6) is -1.16. The predicted molar refractivity (Wildman–Crippen MR) is 74.8 cm³/mol. The van der Waals surface area contributed by atoms with Crippen LogP contribution in [0.5, 0.6) is 0 Å². The largest absolute Gasteiger partial charge is 0.465 e. The molecule has 1 aliphatic heterocycles. The molecular weight excluding hydrogens is 258 g/mol. The van der Waals surface area contributed by atoms with Gasteiger partial charge in [-0.05, 0) is 24.6 Å². The molecule has 0 atom stereocenters. The van der Waals surface area contributed by atoms with Crippen LogP contribution in [0.1, 0.15) is 12.5 Å². The summed E-state index contributed by atoms with van der Waals surface area (Å²) in [4.78, 5) is 23.9. The zero-order valence-corrected chi connectivity index (χ0v) is 11.5. The van der Waals surface area contributed by atoms with Gasteiger partial charge in [0.2, 0.25) is 0 Å². The van der Waals surface area contributed by atoms with Crippen molar-refractivity contribution in [1.82, 2.24) is 0 Å². The monoisotopic (exact) mass is 273 g/mol. The van der Waals surface area contributed by atoms with Gasteiger partial charge >= 0.3 is 11.9 Å². The average molecular weight is 273 g/mol. The second-order valence-corrected chi connectivity index (χ2v) is 4.25. The molecule has 5 nitrogen and oxygen atoms in total. The molecule has 20 heavy (non-hydrogen) atoms. The minimum Gasteiger partial charge on any atom is -0.465 e. The highest BCUT2D eigenvalue weighted by Gasteiger charge is 2.27. The van der Waals surface area contributed by atoms with Crippen molar-refractivity contribution < 1.29 is 19.1 Å². The van der Waals surface area contributed by atoms with Gasteiger partial charge in [-0.3, -0.25) is 0 Å². The Hall–Kier alpha value is -2.56. The Bertz CT molecular complexity index is 629. The van der Waals surface area contributed by atoms with Crippen molar-refractivity contribution in [2.75, 3.05) is 19.5 Å². The first kappa shape index (κ1) is 13.9. The molecule has 0 aliphatic carbocycles. The highest BCUT2D eigenvalue weighted by atomic mass is 16.5. The second-order valence-electron chi connectivity index (χ2n) is 4.25. The number of nitrogens with one attached hydrogen (secondary N) is 1. The fourth-order valence-electron chi connectivity index (χ4n) is 2.07. The van der Waals surface area contributed by atoms with Gasteiger partial charge in [-0.25, -0.2) is 9.59 Å². The standard InChI is InChI=1S/C15H15NO4/c1-9-13(15(18)20-3)11(14(17)19-2)8-10-6-4-5-7-12(10)16-9/h4-8,16H,1-3H3. The lowest BCUT2D eigenvalue weighted by Crippen LogP contribution is -2.17. The zero-order chi connectivity index (χ0) is 14.7. The van der Waals surface area contributed by atoms with E-state index in [9.17, 15) is 9.59 Å². The van der Waals surface area contributed by atoms with E-state index in [1.807, 2.05) is 24.3 Å². The summed E-state index contributed by atoms with van der Waals surface area (Å²) >= 11 is 0. The molecule has 0 saturated heterocycles. The molecule has 0 unspecified atom stereocenters. The van der Waals surface area contributed by atoms with Gasteiger partial charge in [-0.15, -0.1) is 0 Å². The number of hydrogen-bond acceptors (Lipinski definition) is 5. The first-order valence-electron chi connectivity index (χ1n) is 6.04. The summed E-state index contributed by atoms with van der Waals surface area (Å²) in [6.45, 7) is 1.71. The molecule has 0 aromatic heterocycles. The van der Waals surface area contributed by atoms with Crippen molar-refractivity contribution in [3.8, 4) is 0 Å². The van der Waals surface area contributed by atoms with Crippen LogP contribution in [0.15, 0.2) is 41.1 Å². The van der Waals surface area contributed by atoms with Crippen LogP contribution in [-0.4, -0.2) is 26.2 Å². The van der Waals surface area contributed by atoms with Crippen molar-refractivity contribution in [1.29, 1.82) is 0 Å². The third kappa shape index (κ3) is 2.42. The quantitative estimate of drug-likeness (QED) is 0.836. The Kier molecular flexibility index (Phi) is 3.89. The number of carbonyl (C=O) groups excluding carboxylic acids is 2. The Morgan fingerprint density at radius 3 is 2.35 bits per heavy atom. The SMILES string of the molecule is COC(=O)C1=Cc2ccccc2NC(C)=C1C(=O)OC. The lowest BCUT2D eigenvalue weighted by Gasteiger charge is -2.11. The summed E-state index contributed by atoms with van der Waals surface area (Å²) in [6, 6.07) is 7.43. The van der Waals surface area contributed by atoms with Gasteiger partial charge in [0.1, 0.15) is 0 Å². The van der Waals surface area contributed by atoms with E-state index in [2.05, 4.69) is 5.32 Å². The highest BCUT2D eigenvalue weighted by Crippen LogP contribution is 2.29. The normalized spacial score (nSPS) is 13.7. The van der Waals surface area contributed by atoms with Crippen molar-refractivity contribution in [2.24, 2.45) is 0 Å². The zero-order valence-electron chi connectivity index (χ0n) is 11.5. The van der Waals surface area contributed by atoms with E-state index >= 15 is 0 Å². The van der Waals surface area contributed by atoms with E-state index in [4.69, 9.17) is 9.47 Å². The third-order valence-corrected chi connectivity index (χ3v) is 3.02. The van der Waals surface area contributed by atoms with Gasteiger partial charge in [0.05, 0.1) is 25.4 Å². The van der Waals surface area contributed by atoms with Crippen LogP contribution in [0, 0.1) is 0 Å². The maximum absolute atomic E-state index is 11.9. The van der Waals surface area contributed by atoms with Gasteiger partial charge in [-0.1, -0.05) is 18.2 Å². The molecule has 0 saturated carbocycles. The number of benzene rings is 1. The molecule has 0 fully saturated rings. The molecule has 5 heteroatoms. The number of anilines is 1. The van der Waals surface area contributed by atoms with Crippen LogP contribution in [0.2, 0.25) is 0 Å². The second kappa shape index (κ2) is 5.61. The molecule has 104 valence electrons. The minimum atomic E-state index is -0.584. The van der Waals surface area contributed by atoms with Crippen molar-refractivity contribution in [2.45, 2.75) is 6.92 Å². The molecular formula is C15H15NO4. The Balaban J connectivity index is 2.66. The number of rotatable bonds is 2. The maximum Gasteiger partial charge on any atom is 0.340 e. The van der Waals surface area contributed by atoms with E-state index in [-0.39, 0.29) is 11.1 Å². The Morgan fingerprint density at radius 1 is 1.05 bits per heavy atom. The lowest BCUT2D eigenvalue weighted by atomic mass is 10.0. The van der Waals surface area contributed by atoms with Crippen molar-refractivity contribution in [3.05, 3.63) is 46.7 Å². The number of ether oxygens (including phenoxy) is 2. The summed E-state index contributed by atoms with van der Waals surface area (Å²) in [5.41, 5.74) is 2.50. The highest BCUT2D eigenvalue weighted by molar-refractivity contribution is 6.11. The van der Waals surface area contributed by atoms with Crippen LogP contribution < -0.4 is 5.32 Å². The number of allylic oxidation sites excluding steroid dienone is 1. The molecule has 1 aromatic rings. The van der Waals surface area contributed by atoms with E-state index < -0.39 is 11.9 Å². The lowest BCUT2D eigenvalue weighted by molar-refractivity contribution is -0.139. The molecule has 0 spiro atoms. The minimum absolute atomic E-state index is 0.175. The number of fused-ring (bicyclic) bond motifs is 1. The molecule has 1 aromatic carbocycles.